The first-order valence-corrected chi connectivity index (χ1v) is 11.2. The second-order valence-electron chi connectivity index (χ2n) is 8.58. The quantitative estimate of drug-likeness (QED) is 0.324. The van der Waals surface area contributed by atoms with Crippen molar-refractivity contribution in [2.24, 2.45) is 0 Å². The lowest BCUT2D eigenvalue weighted by Crippen LogP contribution is -2.13. The molecule has 3 aromatic heterocycles. The van der Waals surface area contributed by atoms with Crippen LogP contribution in [0.5, 0.6) is 0 Å². The summed E-state index contributed by atoms with van der Waals surface area (Å²) in [4.78, 5) is 17.8. The Morgan fingerprint density at radius 3 is 2.50 bits per heavy atom. The Kier molecular flexibility index (Phi) is 5.49. The second kappa shape index (κ2) is 8.63. The van der Waals surface area contributed by atoms with E-state index in [1.165, 1.54) is 0 Å². The monoisotopic (exact) mass is 451 g/mol. The van der Waals surface area contributed by atoms with Crippen LogP contribution in [0.25, 0.3) is 33.7 Å². The summed E-state index contributed by atoms with van der Waals surface area (Å²) in [5.41, 5.74) is 6.20. The highest BCUT2D eigenvalue weighted by atomic mass is 16.5. The zero-order valence-electron chi connectivity index (χ0n) is 19.5. The van der Waals surface area contributed by atoms with Crippen LogP contribution in [0.3, 0.4) is 0 Å². The number of hydrogen-bond donors (Lipinski definition) is 1. The molecule has 0 saturated carbocycles. The summed E-state index contributed by atoms with van der Waals surface area (Å²) in [6, 6.07) is 19.2. The van der Waals surface area contributed by atoms with E-state index in [2.05, 4.69) is 21.5 Å². The third kappa shape index (κ3) is 3.88. The van der Waals surface area contributed by atoms with E-state index in [4.69, 9.17) is 8.94 Å². The number of fused-ring (bicyclic) bond motifs is 1. The smallest absolute Gasteiger partial charge is 0.196 e. The van der Waals surface area contributed by atoms with E-state index in [0.717, 1.165) is 28.1 Å². The van der Waals surface area contributed by atoms with Gasteiger partial charge in [0.1, 0.15) is 17.0 Å². The Labute approximate surface area is 197 Å². The van der Waals surface area contributed by atoms with Gasteiger partial charge < -0.3 is 14.3 Å². The molecule has 0 aliphatic carbocycles. The lowest BCUT2D eigenvalue weighted by Gasteiger charge is -2.19. The van der Waals surface area contributed by atoms with Crippen molar-refractivity contribution in [3.05, 3.63) is 99.5 Å². The van der Waals surface area contributed by atoms with Crippen LogP contribution in [0.1, 0.15) is 35.3 Å². The van der Waals surface area contributed by atoms with E-state index in [0.29, 0.717) is 33.7 Å². The molecule has 0 saturated heterocycles. The summed E-state index contributed by atoms with van der Waals surface area (Å²) in [6.07, 6.45) is 1.72. The minimum absolute atomic E-state index is 0.0172. The standard InChI is InChI=1S/C28H25N3O3/c1-16-13-21(19(4)30-23-11-8-12-29-25(23)24-15-17(2)31-34-24)28-22(14-16)26(32)18(3)27(33-28)20-9-6-5-7-10-20/h5-15,19,30H,1-4H3/t19-/m1/s1. The highest BCUT2D eigenvalue weighted by Gasteiger charge is 2.20. The number of rotatable bonds is 5. The minimum Gasteiger partial charge on any atom is -0.455 e. The average Bonchev–Trinajstić information content (AvgIpc) is 3.28. The van der Waals surface area contributed by atoms with E-state index < -0.39 is 0 Å². The van der Waals surface area contributed by atoms with Crippen molar-refractivity contribution in [2.45, 2.75) is 33.7 Å². The zero-order valence-corrected chi connectivity index (χ0v) is 19.5. The number of pyridine rings is 1. The molecule has 170 valence electrons. The Hall–Kier alpha value is -4.19. The molecule has 0 spiro atoms. The van der Waals surface area contributed by atoms with Crippen molar-refractivity contribution >= 4 is 16.7 Å². The Morgan fingerprint density at radius 2 is 1.76 bits per heavy atom. The summed E-state index contributed by atoms with van der Waals surface area (Å²) in [5.74, 6) is 1.19. The molecule has 6 nitrogen and oxygen atoms in total. The second-order valence-corrected chi connectivity index (χ2v) is 8.58. The van der Waals surface area contributed by atoms with Gasteiger partial charge in [-0.25, -0.2) is 0 Å². The predicted molar refractivity (Wildman–Crippen MR) is 134 cm³/mol. The van der Waals surface area contributed by atoms with Crippen LogP contribution < -0.4 is 10.7 Å². The molecule has 0 aliphatic heterocycles. The van der Waals surface area contributed by atoms with Crippen LogP contribution in [0.4, 0.5) is 5.69 Å². The van der Waals surface area contributed by atoms with Gasteiger partial charge in [0.15, 0.2) is 11.2 Å². The molecule has 2 aromatic carbocycles. The summed E-state index contributed by atoms with van der Waals surface area (Å²) in [6.45, 7) is 7.72. The SMILES string of the molecule is Cc1cc([C@@H](C)Nc2cccnc2-c2cc(C)no2)c2oc(-c3ccccc3)c(C)c(=O)c2c1. The molecule has 34 heavy (non-hydrogen) atoms. The molecular formula is C28H25N3O3. The van der Waals surface area contributed by atoms with E-state index in [9.17, 15) is 4.79 Å². The first kappa shape index (κ1) is 21.6. The van der Waals surface area contributed by atoms with Gasteiger partial charge in [0.25, 0.3) is 0 Å². The number of hydrogen-bond acceptors (Lipinski definition) is 6. The maximum absolute atomic E-state index is 13.3. The van der Waals surface area contributed by atoms with Gasteiger partial charge in [-0.15, -0.1) is 0 Å². The molecule has 5 rings (SSSR count). The van der Waals surface area contributed by atoms with Crippen LogP contribution in [0.15, 0.2) is 80.6 Å². The Bertz CT molecular complexity index is 1550. The van der Waals surface area contributed by atoms with Crippen molar-refractivity contribution in [1.29, 1.82) is 0 Å². The predicted octanol–water partition coefficient (Wildman–Crippen LogP) is 6.61. The molecule has 0 aliphatic rings. The van der Waals surface area contributed by atoms with Crippen molar-refractivity contribution in [3.8, 4) is 22.8 Å². The van der Waals surface area contributed by atoms with Crippen molar-refractivity contribution in [1.82, 2.24) is 10.1 Å². The van der Waals surface area contributed by atoms with Gasteiger partial charge in [-0.05, 0) is 51.5 Å². The third-order valence-electron chi connectivity index (χ3n) is 5.94. The molecule has 0 radical (unpaired) electrons. The normalized spacial score (nSPS) is 12.1. The van der Waals surface area contributed by atoms with E-state index >= 15 is 0 Å². The summed E-state index contributed by atoms with van der Waals surface area (Å²) >= 11 is 0. The van der Waals surface area contributed by atoms with Crippen LogP contribution in [0, 0.1) is 20.8 Å². The van der Waals surface area contributed by atoms with Crippen LogP contribution in [0.2, 0.25) is 0 Å². The molecular weight excluding hydrogens is 426 g/mol. The number of nitrogens with zero attached hydrogens (tertiary/aromatic N) is 2. The maximum Gasteiger partial charge on any atom is 0.196 e. The Morgan fingerprint density at radius 1 is 0.971 bits per heavy atom. The zero-order chi connectivity index (χ0) is 23.8. The number of benzene rings is 2. The highest BCUT2D eigenvalue weighted by Crippen LogP contribution is 2.34. The topological polar surface area (TPSA) is 81.2 Å². The van der Waals surface area contributed by atoms with Gasteiger partial charge in [0, 0.05) is 29.0 Å². The Balaban J connectivity index is 1.63. The van der Waals surface area contributed by atoms with Gasteiger partial charge >= 0.3 is 0 Å². The van der Waals surface area contributed by atoms with Gasteiger partial charge in [-0.1, -0.05) is 41.6 Å². The first-order chi connectivity index (χ1) is 16.4. The van der Waals surface area contributed by atoms with Gasteiger partial charge in [0.2, 0.25) is 0 Å². The number of aryl methyl sites for hydroxylation is 2. The molecule has 3 heterocycles. The van der Waals surface area contributed by atoms with Crippen LogP contribution in [-0.4, -0.2) is 10.1 Å². The van der Waals surface area contributed by atoms with Crippen molar-refractivity contribution in [2.75, 3.05) is 5.32 Å². The van der Waals surface area contributed by atoms with E-state index in [-0.39, 0.29) is 11.5 Å². The fourth-order valence-electron chi connectivity index (χ4n) is 4.26. The van der Waals surface area contributed by atoms with Gasteiger partial charge in [0.05, 0.1) is 22.8 Å². The lowest BCUT2D eigenvalue weighted by atomic mass is 9.98. The number of anilines is 1. The van der Waals surface area contributed by atoms with Gasteiger partial charge in [-0.2, -0.15) is 0 Å². The molecule has 1 atom stereocenters. The molecule has 0 amide bonds. The largest absolute Gasteiger partial charge is 0.455 e. The molecule has 0 bridgehead atoms. The number of nitrogens with one attached hydrogen (secondary N) is 1. The molecule has 0 unspecified atom stereocenters. The van der Waals surface area contributed by atoms with Gasteiger partial charge in [-0.3, -0.25) is 9.78 Å². The maximum atomic E-state index is 13.3. The molecule has 5 aromatic rings. The third-order valence-corrected chi connectivity index (χ3v) is 5.94. The lowest BCUT2D eigenvalue weighted by molar-refractivity contribution is 0.426. The molecule has 1 N–H and O–H groups in total. The minimum atomic E-state index is -0.177. The van der Waals surface area contributed by atoms with Crippen LogP contribution >= 0.6 is 0 Å². The average molecular weight is 452 g/mol. The van der Waals surface area contributed by atoms with Crippen LogP contribution in [-0.2, 0) is 0 Å². The molecule has 0 fully saturated rings. The number of aromatic nitrogens is 2. The van der Waals surface area contributed by atoms with E-state index in [1.54, 1.807) is 6.20 Å². The highest BCUT2D eigenvalue weighted by molar-refractivity contribution is 5.85. The van der Waals surface area contributed by atoms with Crippen molar-refractivity contribution < 1.29 is 8.94 Å². The summed E-state index contributed by atoms with van der Waals surface area (Å²) in [5, 5.41) is 8.10. The summed E-state index contributed by atoms with van der Waals surface area (Å²) in [7, 11) is 0. The summed E-state index contributed by atoms with van der Waals surface area (Å²) < 4.78 is 11.9. The fraction of sp³-hybridized carbons (Fsp3) is 0.179. The fourth-order valence-corrected chi connectivity index (χ4v) is 4.26. The van der Waals surface area contributed by atoms with E-state index in [1.807, 2.05) is 82.3 Å². The first-order valence-electron chi connectivity index (χ1n) is 11.2. The molecule has 6 heteroatoms. The van der Waals surface area contributed by atoms with Crippen molar-refractivity contribution in [3.63, 3.8) is 0 Å².